The van der Waals surface area contributed by atoms with Gasteiger partial charge in [-0.3, -0.25) is 9.98 Å². The molecule has 8 heteroatoms. The second kappa shape index (κ2) is 9.14. The van der Waals surface area contributed by atoms with Crippen LogP contribution in [0.3, 0.4) is 0 Å². The number of pyridine rings is 1. The van der Waals surface area contributed by atoms with E-state index in [0.29, 0.717) is 11.7 Å². The molecular weight excluding hydrogens is 449 g/mol. The number of aromatic nitrogens is 1. The average molecular weight is 466 g/mol. The first-order chi connectivity index (χ1) is 12.7. The van der Waals surface area contributed by atoms with E-state index in [1.807, 2.05) is 30.4 Å². The van der Waals surface area contributed by atoms with E-state index in [1.54, 1.807) is 0 Å². The van der Waals surface area contributed by atoms with E-state index in [4.69, 9.17) is 15.0 Å². The summed E-state index contributed by atoms with van der Waals surface area (Å²) in [6.07, 6.45) is 12.4. The summed E-state index contributed by atoms with van der Waals surface area (Å²) >= 11 is 0. The number of allylic oxidation sites excluding steroid dienone is 4. The van der Waals surface area contributed by atoms with Crippen LogP contribution < -0.4 is 24.8 Å². The number of amidine groups is 2. The number of fused-ring (bicyclic) bond motifs is 2. The topological polar surface area (TPSA) is 62.3 Å². The van der Waals surface area contributed by atoms with Crippen LogP contribution in [-0.4, -0.2) is 40.2 Å². The van der Waals surface area contributed by atoms with Gasteiger partial charge in [0.05, 0.1) is 11.4 Å². The van der Waals surface area contributed by atoms with E-state index in [9.17, 15) is 0 Å². The second-order valence-electron chi connectivity index (χ2n) is 6.76. The maximum absolute atomic E-state index is 4.73. The summed E-state index contributed by atoms with van der Waals surface area (Å²) in [7, 11) is 0. The van der Waals surface area contributed by atoms with E-state index in [2.05, 4.69) is 48.1 Å². The predicted octanol–water partition coefficient (Wildman–Crippen LogP) is -2.74. The van der Waals surface area contributed by atoms with Gasteiger partial charge >= 0.3 is 17.1 Å². The number of hydrogen-bond donors (Lipinski definition) is 0. The van der Waals surface area contributed by atoms with E-state index in [1.165, 1.54) is 11.1 Å². The van der Waals surface area contributed by atoms with E-state index < -0.39 is 0 Å². The van der Waals surface area contributed by atoms with Gasteiger partial charge in [0, 0.05) is 0 Å². The van der Waals surface area contributed by atoms with Crippen molar-refractivity contribution in [3.8, 4) is 0 Å². The normalized spacial score (nSPS) is 23.0. The molecule has 0 fully saturated rings. The Labute approximate surface area is 192 Å². The molecule has 1 aromatic heterocycles. The zero-order valence-electron chi connectivity index (χ0n) is 15.7. The number of nitrogens with zero attached hydrogens (tertiary/aromatic N) is 5. The third-order valence-corrected chi connectivity index (χ3v) is 4.68. The monoisotopic (exact) mass is 465 g/mol. The first-order valence-corrected chi connectivity index (χ1v) is 8.69. The zero-order valence-corrected chi connectivity index (χ0v) is 18.3. The summed E-state index contributed by atoms with van der Waals surface area (Å²) in [5.74, 6) is 1.34. The molecule has 29 heavy (non-hydrogen) atoms. The fraction of sp³-hybridized carbons (Fsp3) is 0.190. The van der Waals surface area contributed by atoms with Gasteiger partial charge in [-0.1, -0.05) is 41.5 Å². The minimum absolute atomic E-state index is 0. The van der Waals surface area contributed by atoms with Crippen LogP contribution in [0.1, 0.15) is 25.2 Å². The van der Waals surface area contributed by atoms with E-state index >= 15 is 0 Å². The van der Waals surface area contributed by atoms with Gasteiger partial charge in [0.2, 0.25) is 0 Å². The Morgan fingerprint density at radius 1 is 0.690 bits per heavy atom. The molecule has 2 aliphatic carbocycles. The van der Waals surface area contributed by atoms with Gasteiger partial charge in [-0.2, -0.15) is 0 Å². The second-order valence-corrected chi connectivity index (χ2v) is 6.76. The molecule has 0 saturated heterocycles. The smallest absolute Gasteiger partial charge is 1.00 e. The van der Waals surface area contributed by atoms with E-state index in [0.717, 1.165) is 22.8 Å². The zero-order chi connectivity index (χ0) is 17.7. The van der Waals surface area contributed by atoms with E-state index in [-0.39, 0.29) is 54.0 Å². The van der Waals surface area contributed by atoms with Gasteiger partial charge in [0.1, 0.15) is 23.5 Å². The summed E-state index contributed by atoms with van der Waals surface area (Å²) in [6.45, 7) is 4.14. The number of rotatable bonds is 2. The number of hydrogen-bond acceptors (Lipinski definition) is 5. The van der Waals surface area contributed by atoms with Crippen LogP contribution in [0.2, 0.25) is 0 Å². The van der Waals surface area contributed by atoms with Crippen LogP contribution in [0, 0.1) is 0 Å². The molecule has 0 bridgehead atoms. The van der Waals surface area contributed by atoms with Gasteiger partial charge < -0.3 is 24.8 Å². The molecule has 0 saturated carbocycles. The van der Waals surface area contributed by atoms with Gasteiger partial charge in [-0.05, 0) is 38.1 Å². The van der Waals surface area contributed by atoms with Crippen LogP contribution in [0.15, 0.2) is 85.8 Å². The van der Waals surface area contributed by atoms with Crippen LogP contribution in [-0.2, 0) is 17.1 Å². The first kappa shape index (κ1) is 23.2. The summed E-state index contributed by atoms with van der Waals surface area (Å²) < 4.78 is 0. The first-order valence-electron chi connectivity index (χ1n) is 8.69. The number of halogens is 2. The predicted molar refractivity (Wildman–Crippen MR) is 106 cm³/mol. The molecule has 3 heterocycles. The van der Waals surface area contributed by atoms with Crippen molar-refractivity contribution in [2.45, 2.75) is 25.9 Å². The summed E-state index contributed by atoms with van der Waals surface area (Å²) in [6, 6.07) is 5.84. The van der Waals surface area contributed by atoms with Gasteiger partial charge in [-0.25, -0.2) is 15.0 Å². The van der Waals surface area contributed by atoms with Crippen LogP contribution in [0.4, 0.5) is 0 Å². The molecule has 0 N–H and O–H groups in total. The molecule has 5 rings (SSSR count). The molecule has 1 aromatic rings. The minimum Gasteiger partial charge on any atom is -1.00 e. The third kappa shape index (κ3) is 4.41. The number of aliphatic imine (C=N–C) groups is 4. The third-order valence-electron chi connectivity index (χ3n) is 4.68. The molecule has 0 spiro atoms. The summed E-state index contributed by atoms with van der Waals surface area (Å²) in [5.41, 5.74) is 5.85. The standard InChI is InChI=1S/C21H17N5.2ClH.Fe/c1-12-6-8-14-18(10-12)25-20(23-14)16-4-3-5-17(22-16)21-24-15-9-7-13(2)11-19(15)26-21;;;/h3-11,18-19H,1-2H3;2*1H;/q;;;+2/p-2. The maximum atomic E-state index is 4.73. The molecule has 148 valence electrons. The molecule has 2 aliphatic heterocycles. The molecule has 0 aromatic carbocycles. The Kier molecular flexibility index (Phi) is 7.30. The Morgan fingerprint density at radius 2 is 1.14 bits per heavy atom. The molecule has 2 atom stereocenters. The van der Waals surface area contributed by atoms with Crippen molar-refractivity contribution in [1.29, 1.82) is 0 Å². The minimum atomic E-state index is 0. The van der Waals surface area contributed by atoms with Crippen molar-refractivity contribution in [3.63, 3.8) is 0 Å². The fourth-order valence-electron chi connectivity index (χ4n) is 3.32. The maximum Gasteiger partial charge on any atom is 2.00 e. The Hall–Kier alpha value is -2.11. The molecule has 4 aliphatic rings. The van der Waals surface area contributed by atoms with Gasteiger partial charge in [0.15, 0.2) is 11.7 Å². The van der Waals surface area contributed by atoms with Crippen molar-refractivity contribution < 1.29 is 41.9 Å². The van der Waals surface area contributed by atoms with Crippen molar-refractivity contribution in [3.05, 3.63) is 77.2 Å². The van der Waals surface area contributed by atoms with Crippen molar-refractivity contribution in [1.82, 2.24) is 4.98 Å². The van der Waals surface area contributed by atoms with Crippen molar-refractivity contribution in [2.24, 2.45) is 20.0 Å². The largest absolute Gasteiger partial charge is 2.00 e. The summed E-state index contributed by atoms with van der Waals surface area (Å²) in [4.78, 5) is 23.4. The fourth-order valence-corrected chi connectivity index (χ4v) is 3.32. The van der Waals surface area contributed by atoms with Gasteiger partial charge in [-0.15, -0.1) is 0 Å². The SMILES string of the molecule is CC1=CC2N=C(c3cccc(C4=NC5C=C(C)C=CC5=N4)n3)N=C2C=C1.[Cl-].[Cl-].[Fe+2]. The molecule has 0 amide bonds. The van der Waals surface area contributed by atoms with Crippen LogP contribution in [0.25, 0.3) is 0 Å². The van der Waals surface area contributed by atoms with Crippen LogP contribution in [0.5, 0.6) is 0 Å². The average Bonchev–Trinajstić information content (AvgIpc) is 3.25. The Morgan fingerprint density at radius 3 is 1.59 bits per heavy atom. The van der Waals surface area contributed by atoms with Crippen molar-refractivity contribution >= 4 is 23.1 Å². The molecular formula is C21H17Cl2FeN5. The van der Waals surface area contributed by atoms with Crippen molar-refractivity contribution in [2.75, 3.05) is 0 Å². The Bertz CT molecular complexity index is 995. The van der Waals surface area contributed by atoms with Gasteiger partial charge in [0.25, 0.3) is 0 Å². The van der Waals surface area contributed by atoms with Crippen LogP contribution >= 0.6 is 0 Å². The molecule has 5 nitrogen and oxygen atoms in total. The Balaban J connectivity index is 0.000001000. The molecule has 2 unspecified atom stereocenters. The molecule has 0 radical (unpaired) electrons. The quantitative estimate of drug-likeness (QED) is 0.437. The summed E-state index contributed by atoms with van der Waals surface area (Å²) in [5, 5.41) is 0.